The minimum absolute atomic E-state index is 0.0136. The van der Waals surface area contributed by atoms with Crippen LogP contribution in [0.15, 0.2) is 48.5 Å². The van der Waals surface area contributed by atoms with E-state index in [9.17, 15) is 18.0 Å². The third-order valence-electron chi connectivity index (χ3n) is 2.99. The number of hydrogen-bond donors (Lipinski definition) is 1. The average molecular weight is 303 g/mol. The summed E-state index contributed by atoms with van der Waals surface area (Å²) in [7, 11) is 0. The van der Waals surface area contributed by atoms with E-state index in [2.05, 4.69) is 11.2 Å². The minimum atomic E-state index is -4.55. The molecule has 112 valence electrons. The highest BCUT2D eigenvalue weighted by molar-refractivity contribution is 5.94. The van der Waals surface area contributed by atoms with E-state index >= 15 is 0 Å². The molecule has 0 heterocycles. The summed E-state index contributed by atoms with van der Waals surface area (Å²) in [6, 6.07) is 11.9. The van der Waals surface area contributed by atoms with Crippen LogP contribution in [0, 0.1) is 12.3 Å². The van der Waals surface area contributed by atoms with Crippen LogP contribution in [-0.4, -0.2) is 5.91 Å². The highest BCUT2D eigenvalue weighted by atomic mass is 19.4. The molecule has 22 heavy (non-hydrogen) atoms. The van der Waals surface area contributed by atoms with Gasteiger partial charge in [-0.1, -0.05) is 36.3 Å². The maximum absolute atomic E-state index is 12.8. The summed E-state index contributed by atoms with van der Waals surface area (Å²) in [5.41, 5.74) is -0.189. The van der Waals surface area contributed by atoms with Crippen LogP contribution in [0.2, 0.25) is 0 Å². The molecule has 0 bridgehead atoms. The van der Waals surface area contributed by atoms with Crippen molar-refractivity contribution in [3.63, 3.8) is 0 Å². The molecular formula is C17H12F3NO. The number of carbonyl (C=O) groups excluding carboxylic acids is 1. The van der Waals surface area contributed by atoms with Crippen molar-refractivity contribution in [2.24, 2.45) is 0 Å². The maximum Gasteiger partial charge on any atom is 0.416 e. The molecule has 2 rings (SSSR count). The van der Waals surface area contributed by atoms with Crippen molar-refractivity contribution in [3.8, 4) is 12.3 Å². The van der Waals surface area contributed by atoms with Crippen LogP contribution in [0.4, 0.5) is 13.2 Å². The Hall–Kier alpha value is -2.74. The first-order valence-corrected chi connectivity index (χ1v) is 6.41. The fourth-order valence-electron chi connectivity index (χ4n) is 1.89. The average Bonchev–Trinajstić information content (AvgIpc) is 2.52. The minimum Gasteiger partial charge on any atom is -0.348 e. The lowest BCUT2D eigenvalue weighted by Gasteiger charge is -2.10. The van der Waals surface area contributed by atoms with Crippen LogP contribution in [0.25, 0.3) is 0 Å². The highest BCUT2D eigenvalue weighted by Crippen LogP contribution is 2.30. The van der Waals surface area contributed by atoms with Gasteiger partial charge in [0.25, 0.3) is 5.91 Å². The van der Waals surface area contributed by atoms with Crippen LogP contribution in [0.1, 0.15) is 27.0 Å². The van der Waals surface area contributed by atoms with Crippen LogP contribution >= 0.6 is 0 Å². The van der Waals surface area contributed by atoms with Gasteiger partial charge in [0.05, 0.1) is 5.56 Å². The molecule has 2 nitrogen and oxygen atoms in total. The third kappa shape index (κ3) is 3.89. The van der Waals surface area contributed by atoms with Crippen LogP contribution < -0.4 is 5.32 Å². The van der Waals surface area contributed by atoms with Gasteiger partial charge in [-0.15, -0.1) is 6.42 Å². The topological polar surface area (TPSA) is 29.1 Å². The second-order valence-electron chi connectivity index (χ2n) is 4.61. The molecule has 0 atom stereocenters. The predicted molar refractivity (Wildman–Crippen MR) is 77.0 cm³/mol. The molecule has 0 saturated carbocycles. The first kappa shape index (κ1) is 15.6. The Bertz CT molecular complexity index is 715. The number of carbonyl (C=O) groups is 1. The van der Waals surface area contributed by atoms with Gasteiger partial charge in [0.2, 0.25) is 0 Å². The Kier molecular flexibility index (Phi) is 4.52. The van der Waals surface area contributed by atoms with Crippen molar-refractivity contribution in [1.29, 1.82) is 0 Å². The summed E-state index contributed by atoms with van der Waals surface area (Å²) in [6.07, 6.45) is 0.593. The molecule has 5 heteroatoms. The quantitative estimate of drug-likeness (QED) is 0.862. The van der Waals surface area contributed by atoms with Gasteiger partial charge >= 0.3 is 6.18 Å². The standard InChI is InChI=1S/C17H12F3NO/c1-2-12-8-14(10-15(9-12)17(18,19)20)16(22)21-11-13-6-4-3-5-7-13/h1,3-10H,11H2,(H,21,22). The Labute approximate surface area is 126 Å². The smallest absolute Gasteiger partial charge is 0.348 e. The molecule has 0 aromatic heterocycles. The van der Waals surface area contributed by atoms with Gasteiger partial charge < -0.3 is 5.32 Å². The fraction of sp³-hybridized carbons (Fsp3) is 0.118. The molecule has 0 spiro atoms. The number of nitrogens with one attached hydrogen (secondary N) is 1. The zero-order valence-corrected chi connectivity index (χ0v) is 11.4. The second-order valence-corrected chi connectivity index (χ2v) is 4.61. The van der Waals surface area contributed by atoms with Crippen molar-refractivity contribution >= 4 is 5.91 Å². The van der Waals surface area contributed by atoms with Gasteiger partial charge in [-0.05, 0) is 23.8 Å². The number of benzene rings is 2. The van der Waals surface area contributed by atoms with Gasteiger partial charge in [0.1, 0.15) is 0 Å². The van der Waals surface area contributed by atoms with E-state index in [0.29, 0.717) is 0 Å². The number of terminal acetylenes is 1. The highest BCUT2D eigenvalue weighted by Gasteiger charge is 2.31. The molecule has 2 aromatic rings. The summed E-state index contributed by atoms with van der Waals surface area (Å²) in [5.74, 6) is 1.52. The molecule has 0 aliphatic rings. The monoisotopic (exact) mass is 303 g/mol. The maximum atomic E-state index is 12.8. The largest absolute Gasteiger partial charge is 0.416 e. The van der Waals surface area contributed by atoms with E-state index in [0.717, 1.165) is 17.7 Å². The number of amides is 1. The molecule has 0 radical (unpaired) electrons. The third-order valence-corrected chi connectivity index (χ3v) is 2.99. The first-order valence-electron chi connectivity index (χ1n) is 6.41. The van der Waals surface area contributed by atoms with Crippen molar-refractivity contribution in [2.45, 2.75) is 12.7 Å². The number of alkyl halides is 3. The molecule has 0 fully saturated rings. The molecule has 1 amide bonds. The Morgan fingerprint density at radius 3 is 2.41 bits per heavy atom. The lowest BCUT2D eigenvalue weighted by atomic mass is 10.0. The van der Waals surface area contributed by atoms with Crippen molar-refractivity contribution in [1.82, 2.24) is 5.32 Å². The molecular weight excluding hydrogens is 291 g/mol. The van der Waals surface area contributed by atoms with Gasteiger partial charge in [0.15, 0.2) is 0 Å². The normalized spacial score (nSPS) is 10.8. The molecule has 2 aromatic carbocycles. The van der Waals surface area contributed by atoms with Crippen LogP contribution in [0.5, 0.6) is 0 Å². The summed E-state index contributed by atoms with van der Waals surface area (Å²) >= 11 is 0. The number of hydrogen-bond acceptors (Lipinski definition) is 1. The van der Waals surface area contributed by atoms with Gasteiger partial charge in [-0.2, -0.15) is 13.2 Å². The molecule has 0 aliphatic carbocycles. The molecule has 1 N–H and O–H groups in total. The molecule has 0 saturated heterocycles. The van der Waals surface area contributed by atoms with E-state index in [4.69, 9.17) is 6.42 Å². The van der Waals surface area contributed by atoms with Gasteiger partial charge in [0, 0.05) is 17.7 Å². The number of rotatable bonds is 3. The van der Waals surface area contributed by atoms with E-state index in [-0.39, 0.29) is 17.7 Å². The summed E-state index contributed by atoms with van der Waals surface area (Å²) in [5, 5.41) is 2.57. The van der Waals surface area contributed by atoms with Crippen molar-refractivity contribution in [2.75, 3.05) is 0 Å². The molecule has 0 aliphatic heterocycles. The van der Waals surface area contributed by atoms with E-state index < -0.39 is 17.6 Å². The summed E-state index contributed by atoms with van der Waals surface area (Å²) < 4.78 is 38.4. The first-order chi connectivity index (χ1) is 10.4. The zero-order valence-electron chi connectivity index (χ0n) is 11.4. The van der Waals surface area contributed by atoms with E-state index in [1.807, 2.05) is 18.2 Å². The lowest BCUT2D eigenvalue weighted by Crippen LogP contribution is -2.23. The van der Waals surface area contributed by atoms with Gasteiger partial charge in [-0.3, -0.25) is 4.79 Å². The van der Waals surface area contributed by atoms with Crippen molar-refractivity contribution in [3.05, 3.63) is 70.8 Å². The van der Waals surface area contributed by atoms with Crippen LogP contribution in [-0.2, 0) is 12.7 Å². The van der Waals surface area contributed by atoms with Crippen molar-refractivity contribution < 1.29 is 18.0 Å². The second kappa shape index (κ2) is 6.35. The predicted octanol–water partition coefficient (Wildman–Crippen LogP) is 3.62. The Morgan fingerprint density at radius 1 is 1.14 bits per heavy atom. The van der Waals surface area contributed by atoms with Gasteiger partial charge in [-0.25, -0.2) is 0 Å². The summed E-state index contributed by atoms with van der Waals surface area (Å²) in [6.45, 7) is 0.224. The fourth-order valence-corrected chi connectivity index (χ4v) is 1.89. The van der Waals surface area contributed by atoms with Crippen LogP contribution in [0.3, 0.4) is 0 Å². The number of halogens is 3. The van der Waals surface area contributed by atoms with E-state index in [1.165, 1.54) is 6.07 Å². The van der Waals surface area contributed by atoms with E-state index in [1.54, 1.807) is 12.1 Å². The molecule has 0 unspecified atom stereocenters. The SMILES string of the molecule is C#Cc1cc(C(=O)NCc2ccccc2)cc(C(F)(F)F)c1. The summed E-state index contributed by atoms with van der Waals surface area (Å²) in [4.78, 5) is 12.0. The Morgan fingerprint density at radius 2 is 1.82 bits per heavy atom. The zero-order chi connectivity index (χ0) is 16.2. The Balaban J connectivity index is 2.20. The lowest BCUT2D eigenvalue weighted by molar-refractivity contribution is -0.137.